The topological polar surface area (TPSA) is 32.3 Å². The summed E-state index contributed by atoms with van der Waals surface area (Å²) in [6, 6.07) is 5.89. The lowest BCUT2D eigenvalue weighted by Gasteiger charge is -2.25. The minimum absolute atomic E-state index is 0.230. The van der Waals surface area contributed by atoms with Gasteiger partial charge in [0.2, 0.25) is 0 Å². The maximum Gasteiger partial charge on any atom is 0.120 e. The lowest BCUT2D eigenvalue weighted by Crippen LogP contribution is -2.30. The zero-order valence-electron chi connectivity index (χ0n) is 12.0. The van der Waals surface area contributed by atoms with Gasteiger partial charge in [0.25, 0.3) is 0 Å². The molecule has 3 heteroatoms. The molecule has 0 saturated heterocycles. The first-order valence-corrected chi connectivity index (χ1v) is 7.99. The molecule has 19 heavy (non-hydrogen) atoms. The second-order valence-electron chi connectivity index (χ2n) is 6.06. The molecule has 1 aliphatic carbocycles. The van der Waals surface area contributed by atoms with Crippen molar-refractivity contribution in [1.82, 2.24) is 5.32 Å². The SMILES string of the molecule is CCC(NCC1(C(C)C)CC1)c1cc(Br)ccc1O. The van der Waals surface area contributed by atoms with Crippen LogP contribution >= 0.6 is 15.9 Å². The molecule has 1 unspecified atom stereocenters. The number of hydrogen-bond donors (Lipinski definition) is 2. The van der Waals surface area contributed by atoms with Gasteiger partial charge in [0.1, 0.15) is 5.75 Å². The van der Waals surface area contributed by atoms with Gasteiger partial charge in [-0.3, -0.25) is 0 Å². The van der Waals surface area contributed by atoms with E-state index in [4.69, 9.17) is 0 Å². The van der Waals surface area contributed by atoms with Gasteiger partial charge in [-0.1, -0.05) is 36.7 Å². The Labute approximate surface area is 124 Å². The number of halogens is 1. The van der Waals surface area contributed by atoms with Crippen LogP contribution in [0, 0.1) is 11.3 Å². The largest absolute Gasteiger partial charge is 0.508 e. The van der Waals surface area contributed by atoms with E-state index in [0.717, 1.165) is 28.9 Å². The van der Waals surface area contributed by atoms with E-state index in [-0.39, 0.29) is 6.04 Å². The lowest BCUT2D eigenvalue weighted by molar-refractivity contribution is 0.315. The monoisotopic (exact) mass is 325 g/mol. The molecular formula is C16H24BrNO. The van der Waals surface area contributed by atoms with Crippen LogP contribution in [0.1, 0.15) is 51.6 Å². The molecule has 1 atom stereocenters. The summed E-state index contributed by atoms with van der Waals surface area (Å²) < 4.78 is 1.02. The Hall–Kier alpha value is -0.540. The van der Waals surface area contributed by atoms with Crippen molar-refractivity contribution in [1.29, 1.82) is 0 Å². The average Bonchev–Trinajstić information content (AvgIpc) is 3.15. The van der Waals surface area contributed by atoms with Crippen LogP contribution in [0.3, 0.4) is 0 Å². The summed E-state index contributed by atoms with van der Waals surface area (Å²) in [4.78, 5) is 0. The van der Waals surface area contributed by atoms with Crippen LogP contribution in [0.15, 0.2) is 22.7 Å². The normalized spacial score (nSPS) is 18.6. The van der Waals surface area contributed by atoms with Crippen LogP contribution in [0.4, 0.5) is 0 Å². The van der Waals surface area contributed by atoms with Gasteiger partial charge in [-0.15, -0.1) is 0 Å². The summed E-state index contributed by atoms with van der Waals surface area (Å²) in [5.74, 6) is 1.12. The number of benzene rings is 1. The van der Waals surface area contributed by atoms with Gasteiger partial charge >= 0.3 is 0 Å². The Kier molecular flexibility index (Phi) is 4.57. The first kappa shape index (κ1) is 14.9. The summed E-state index contributed by atoms with van der Waals surface area (Å²) >= 11 is 3.48. The fourth-order valence-electron chi connectivity index (χ4n) is 2.72. The molecule has 0 bridgehead atoms. The molecule has 2 rings (SSSR count). The van der Waals surface area contributed by atoms with Gasteiger partial charge in [-0.25, -0.2) is 0 Å². The fourth-order valence-corrected chi connectivity index (χ4v) is 3.10. The first-order chi connectivity index (χ1) is 8.98. The predicted octanol–water partition coefficient (Wildman–Crippen LogP) is 4.63. The van der Waals surface area contributed by atoms with E-state index in [1.807, 2.05) is 12.1 Å². The Balaban J connectivity index is 2.06. The Morgan fingerprint density at radius 1 is 1.37 bits per heavy atom. The molecule has 0 amide bonds. The molecule has 1 aliphatic rings. The van der Waals surface area contributed by atoms with Gasteiger partial charge in [0.05, 0.1) is 0 Å². The number of nitrogens with one attached hydrogen (secondary N) is 1. The summed E-state index contributed by atoms with van der Waals surface area (Å²) in [6.45, 7) is 7.83. The van der Waals surface area contributed by atoms with Crippen LogP contribution in [0.25, 0.3) is 0 Å². The highest BCUT2D eigenvalue weighted by Gasteiger charge is 2.45. The van der Waals surface area contributed by atoms with E-state index in [9.17, 15) is 5.11 Å². The number of phenolic OH excluding ortho intramolecular Hbond substituents is 1. The number of phenols is 1. The summed E-state index contributed by atoms with van der Waals surface area (Å²) in [5.41, 5.74) is 1.49. The van der Waals surface area contributed by atoms with E-state index < -0.39 is 0 Å². The Morgan fingerprint density at radius 3 is 2.58 bits per heavy atom. The predicted molar refractivity (Wildman–Crippen MR) is 83.3 cm³/mol. The van der Waals surface area contributed by atoms with Gasteiger partial charge in [0.15, 0.2) is 0 Å². The molecular weight excluding hydrogens is 302 g/mol. The summed E-state index contributed by atoms with van der Waals surface area (Å²) in [6.07, 6.45) is 3.65. The van der Waals surface area contributed by atoms with Crippen LogP contribution in [0.2, 0.25) is 0 Å². The minimum Gasteiger partial charge on any atom is -0.508 e. The van der Waals surface area contributed by atoms with E-state index in [0.29, 0.717) is 11.2 Å². The molecule has 106 valence electrons. The number of rotatable bonds is 6. The van der Waals surface area contributed by atoms with Crippen molar-refractivity contribution < 1.29 is 5.11 Å². The highest BCUT2D eigenvalue weighted by atomic mass is 79.9. The second kappa shape index (κ2) is 5.84. The van der Waals surface area contributed by atoms with Crippen molar-refractivity contribution in [3.63, 3.8) is 0 Å². The highest BCUT2D eigenvalue weighted by Crippen LogP contribution is 2.51. The minimum atomic E-state index is 0.230. The third-order valence-electron chi connectivity index (χ3n) is 4.59. The van der Waals surface area contributed by atoms with Gasteiger partial charge < -0.3 is 10.4 Å². The maximum atomic E-state index is 10.0. The number of hydrogen-bond acceptors (Lipinski definition) is 2. The van der Waals surface area contributed by atoms with E-state index in [1.54, 1.807) is 6.07 Å². The third kappa shape index (κ3) is 3.32. The molecule has 1 fully saturated rings. The van der Waals surface area contributed by atoms with Gasteiger partial charge in [0, 0.05) is 22.6 Å². The van der Waals surface area contributed by atoms with Crippen molar-refractivity contribution >= 4 is 15.9 Å². The van der Waals surface area contributed by atoms with Crippen molar-refractivity contribution in [3.05, 3.63) is 28.2 Å². The van der Waals surface area contributed by atoms with Crippen LogP contribution in [0.5, 0.6) is 5.75 Å². The molecule has 2 nitrogen and oxygen atoms in total. The van der Waals surface area contributed by atoms with Crippen LogP contribution < -0.4 is 5.32 Å². The zero-order valence-corrected chi connectivity index (χ0v) is 13.6. The molecule has 1 aromatic carbocycles. The van der Waals surface area contributed by atoms with Crippen molar-refractivity contribution in [2.24, 2.45) is 11.3 Å². The third-order valence-corrected chi connectivity index (χ3v) is 5.08. The molecule has 1 saturated carbocycles. The molecule has 2 N–H and O–H groups in total. The molecule has 0 radical (unpaired) electrons. The standard InChI is InChI=1S/C16H24BrNO/c1-4-14(13-9-12(17)5-6-15(13)19)18-10-16(7-8-16)11(2)3/h5-6,9,11,14,18-19H,4,7-8,10H2,1-3H3. The highest BCUT2D eigenvalue weighted by molar-refractivity contribution is 9.10. The fraction of sp³-hybridized carbons (Fsp3) is 0.625. The smallest absolute Gasteiger partial charge is 0.120 e. The summed E-state index contributed by atoms with van der Waals surface area (Å²) in [5, 5.41) is 13.7. The maximum absolute atomic E-state index is 10.0. The van der Waals surface area contributed by atoms with Crippen LogP contribution in [-0.2, 0) is 0 Å². The van der Waals surface area contributed by atoms with E-state index in [2.05, 4.69) is 42.0 Å². The van der Waals surface area contributed by atoms with Crippen LogP contribution in [-0.4, -0.2) is 11.7 Å². The van der Waals surface area contributed by atoms with E-state index >= 15 is 0 Å². The molecule has 0 aromatic heterocycles. The van der Waals surface area contributed by atoms with Crippen molar-refractivity contribution in [2.75, 3.05) is 6.54 Å². The lowest BCUT2D eigenvalue weighted by atomic mass is 9.91. The van der Waals surface area contributed by atoms with Crippen molar-refractivity contribution in [2.45, 2.75) is 46.1 Å². The number of aromatic hydroxyl groups is 1. The molecule has 1 aromatic rings. The quantitative estimate of drug-likeness (QED) is 0.799. The molecule has 0 aliphatic heterocycles. The van der Waals surface area contributed by atoms with Gasteiger partial charge in [-0.05, 0) is 48.8 Å². The van der Waals surface area contributed by atoms with Gasteiger partial charge in [-0.2, -0.15) is 0 Å². The zero-order chi connectivity index (χ0) is 14.0. The van der Waals surface area contributed by atoms with E-state index in [1.165, 1.54) is 12.8 Å². The molecule has 0 heterocycles. The second-order valence-corrected chi connectivity index (χ2v) is 6.98. The average molecular weight is 326 g/mol. The first-order valence-electron chi connectivity index (χ1n) is 7.20. The summed E-state index contributed by atoms with van der Waals surface area (Å²) in [7, 11) is 0. The van der Waals surface area contributed by atoms with Crippen molar-refractivity contribution in [3.8, 4) is 5.75 Å². The molecule has 0 spiro atoms. The Morgan fingerprint density at radius 2 is 2.05 bits per heavy atom. The Bertz CT molecular complexity index is 440.